The zero-order valence-electron chi connectivity index (χ0n) is 15.8. The van der Waals surface area contributed by atoms with E-state index in [1.165, 1.54) is 18.1 Å². The molecule has 1 aromatic rings. The van der Waals surface area contributed by atoms with Crippen LogP contribution < -0.4 is 14.8 Å². The van der Waals surface area contributed by atoms with Crippen molar-refractivity contribution in [1.82, 2.24) is 10.2 Å². The molecule has 1 amide bonds. The van der Waals surface area contributed by atoms with Crippen molar-refractivity contribution < 1.29 is 24.3 Å². The Labute approximate surface area is 164 Å². The minimum Gasteiger partial charge on any atom is -0.493 e. The van der Waals surface area contributed by atoms with E-state index in [0.717, 1.165) is 44.0 Å². The first kappa shape index (κ1) is 22.7. The van der Waals surface area contributed by atoms with Crippen LogP contribution in [-0.2, 0) is 22.6 Å². The molecule has 0 aromatic heterocycles. The molecule has 0 bridgehead atoms. The monoisotopic (exact) mass is 399 g/mol. The zero-order chi connectivity index (χ0) is 19.1. The molecular weight excluding hydrogens is 374 g/mol. The van der Waals surface area contributed by atoms with Crippen molar-refractivity contribution in [3.05, 3.63) is 23.3 Å². The molecule has 1 aromatic carbocycles. The van der Waals surface area contributed by atoms with Crippen LogP contribution in [-0.4, -0.2) is 61.4 Å². The number of rotatable bonds is 8. The number of hydrogen-bond donors (Lipinski definition) is 2. The van der Waals surface area contributed by atoms with Crippen LogP contribution in [0.4, 0.5) is 0 Å². The molecule has 1 aliphatic heterocycles. The number of halogens is 1. The Morgan fingerprint density at radius 3 is 2.41 bits per heavy atom. The highest BCUT2D eigenvalue weighted by atomic mass is 35.5. The molecule has 8 nitrogen and oxygen atoms in total. The van der Waals surface area contributed by atoms with Crippen LogP contribution in [0.5, 0.6) is 11.5 Å². The predicted octanol–water partition coefficient (Wildman–Crippen LogP) is 1.41. The predicted molar refractivity (Wildman–Crippen MR) is 103 cm³/mol. The van der Waals surface area contributed by atoms with Crippen LogP contribution in [0.2, 0.25) is 0 Å². The lowest BCUT2D eigenvalue weighted by Gasteiger charge is -2.29. The number of ketones is 1. The van der Waals surface area contributed by atoms with Gasteiger partial charge in [0.15, 0.2) is 17.3 Å². The van der Waals surface area contributed by atoms with Gasteiger partial charge in [0.2, 0.25) is 5.71 Å². The summed E-state index contributed by atoms with van der Waals surface area (Å²) in [5.41, 5.74) is 2.00. The standard InChI is InChI=1S/C18H25N3O5.ClH/c1-12(22)17(20-24)18(23)19-6-4-7-21-8-5-13-9-15(25-2)16(26-3)10-14(13)11-21;/h9-10,24H,4-8,11H2,1-3H3,(H,19,23);1H/b20-17+;. The first-order valence-electron chi connectivity index (χ1n) is 8.47. The lowest BCUT2D eigenvalue weighted by atomic mass is 9.98. The highest BCUT2D eigenvalue weighted by Crippen LogP contribution is 2.33. The number of fused-ring (bicyclic) bond motifs is 1. The summed E-state index contributed by atoms with van der Waals surface area (Å²) in [5.74, 6) is 0.248. The molecule has 27 heavy (non-hydrogen) atoms. The molecule has 9 heteroatoms. The number of benzene rings is 1. The number of amides is 1. The molecule has 2 rings (SSSR count). The second-order valence-corrected chi connectivity index (χ2v) is 6.12. The maximum atomic E-state index is 11.7. The van der Waals surface area contributed by atoms with Crippen LogP contribution in [0.25, 0.3) is 0 Å². The van der Waals surface area contributed by atoms with E-state index >= 15 is 0 Å². The topological polar surface area (TPSA) is 100 Å². The summed E-state index contributed by atoms with van der Waals surface area (Å²) in [6, 6.07) is 4.04. The number of Topliss-reactive ketones (excluding diaryl/α,β-unsaturated/α-hetero) is 1. The summed E-state index contributed by atoms with van der Waals surface area (Å²) in [6.45, 7) is 4.12. The average Bonchev–Trinajstić information content (AvgIpc) is 2.64. The summed E-state index contributed by atoms with van der Waals surface area (Å²) in [5, 5.41) is 14.0. The van der Waals surface area contributed by atoms with Crippen LogP contribution in [0.1, 0.15) is 24.5 Å². The van der Waals surface area contributed by atoms with Crippen molar-refractivity contribution in [2.75, 3.05) is 33.9 Å². The Hall–Kier alpha value is -2.32. The van der Waals surface area contributed by atoms with Crippen molar-refractivity contribution in [3.8, 4) is 11.5 Å². The van der Waals surface area contributed by atoms with Gasteiger partial charge in [-0.1, -0.05) is 5.16 Å². The Morgan fingerprint density at radius 1 is 1.22 bits per heavy atom. The van der Waals surface area contributed by atoms with Crippen LogP contribution in [0.3, 0.4) is 0 Å². The van der Waals surface area contributed by atoms with Crippen molar-refractivity contribution in [2.24, 2.45) is 5.16 Å². The van der Waals surface area contributed by atoms with Gasteiger partial charge in [0, 0.05) is 33.1 Å². The molecule has 150 valence electrons. The van der Waals surface area contributed by atoms with Gasteiger partial charge in [0.25, 0.3) is 5.91 Å². The Kier molecular flexibility index (Phi) is 9.04. The van der Waals surface area contributed by atoms with E-state index in [2.05, 4.69) is 15.4 Å². The van der Waals surface area contributed by atoms with E-state index in [1.807, 2.05) is 12.1 Å². The second kappa shape index (κ2) is 10.7. The van der Waals surface area contributed by atoms with Gasteiger partial charge in [-0.15, -0.1) is 12.4 Å². The fraction of sp³-hybridized carbons (Fsp3) is 0.500. The SMILES string of the molecule is COc1cc2c(cc1OC)CN(CCCNC(=O)/C(=N/O)C(C)=O)CC2.Cl. The third kappa shape index (κ3) is 5.83. The average molecular weight is 400 g/mol. The minimum atomic E-state index is -0.652. The van der Waals surface area contributed by atoms with E-state index in [1.54, 1.807) is 14.2 Å². The van der Waals surface area contributed by atoms with E-state index in [-0.39, 0.29) is 12.4 Å². The summed E-state index contributed by atoms with van der Waals surface area (Å²) < 4.78 is 10.7. The van der Waals surface area contributed by atoms with Crippen molar-refractivity contribution in [1.29, 1.82) is 0 Å². The summed E-state index contributed by atoms with van der Waals surface area (Å²) in [7, 11) is 3.26. The fourth-order valence-electron chi connectivity index (χ4n) is 3.00. The van der Waals surface area contributed by atoms with E-state index < -0.39 is 17.4 Å². The van der Waals surface area contributed by atoms with Gasteiger partial charge in [-0.2, -0.15) is 0 Å². The van der Waals surface area contributed by atoms with Gasteiger partial charge >= 0.3 is 0 Å². The van der Waals surface area contributed by atoms with Gasteiger partial charge in [0.1, 0.15) is 0 Å². The first-order chi connectivity index (χ1) is 12.5. The molecule has 0 unspecified atom stereocenters. The smallest absolute Gasteiger partial charge is 0.277 e. The van der Waals surface area contributed by atoms with Gasteiger partial charge in [0.05, 0.1) is 14.2 Å². The Balaban J connectivity index is 0.00000364. The van der Waals surface area contributed by atoms with Gasteiger partial charge in [-0.05, 0) is 36.1 Å². The second-order valence-electron chi connectivity index (χ2n) is 6.12. The van der Waals surface area contributed by atoms with Crippen LogP contribution >= 0.6 is 12.4 Å². The molecule has 2 N–H and O–H groups in total. The number of nitrogens with zero attached hydrogens (tertiary/aromatic N) is 2. The third-order valence-corrected chi connectivity index (χ3v) is 4.38. The number of oxime groups is 1. The summed E-state index contributed by atoms with van der Waals surface area (Å²) in [6.07, 6.45) is 1.65. The largest absolute Gasteiger partial charge is 0.493 e. The number of ether oxygens (including phenoxy) is 2. The van der Waals surface area contributed by atoms with E-state index in [9.17, 15) is 9.59 Å². The molecule has 0 atom stereocenters. The maximum Gasteiger partial charge on any atom is 0.277 e. The number of methoxy groups -OCH3 is 2. The third-order valence-electron chi connectivity index (χ3n) is 4.38. The molecule has 0 fully saturated rings. The Morgan fingerprint density at radius 2 is 1.85 bits per heavy atom. The van der Waals surface area contributed by atoms with Gasteiger partial charge < -0.3 is 20.0 Å². The number of hydrogen-bond acceptors (Lipinski definition) is 7. The van der Waals surface area contributed by atoms with E-state index in [0.29, 0.717) is 6.54 Å². The molecule has 0 radical (unpaired) electrons. The normalized spacial score (nSPS) is 14.0. The highest BCUT2D eigenvalue weighted by Gasteiger charge is 2.20. The lowest BCUT2D eigenvalue weighted by Crippen LogP contribution is -2.37. The number of nitrogens with one attached hydrogen (secondary N) is 1. The summed E-state index contributed by atoms with van der Waals surface area (Å²) in [4.78, 5) is 25.1. The highest BCUT2D eigenvalue weighted by molar-refractivity contribution is 6.65. The van der Waals surface area contributed by atoms with Gasteiger partial charge in [-0.25, -0.2) is 0 Å². The molecule has 1 heterocycles. The molecule has 0 aliphatic carbocycles. The first-order valence-corrected chi connectivity index (χ1v) is 8.47. The summed E-state index contributed by atoms with van der Waals surface area (Å²) >= 11 is 0. The molecule has 0 saturated heterocycles. The number of carbonyl (C=O) groups is 2. The van der Waals surface area contributed by atoms with Crippen molar-refractivity contribution in [2.45, 2.75) is 26.3 Å². The molecular formula is C18H26ClN3O5. The van der Waals surface area contributed by atoms with Crippen LogP contribution in [0, 0.1) is 0 Å². The van der Waals surface area contributed by atoms with Crippen LogP contribution in [0.15, 0.2) is 17.3 Å². The molecule has 0 spiro atoms. The van der Waals surface area contributed by atoms with Gasteiger partial charge in [-0.3, -0.25) is 14.5 Å². The lowest BCUT2D eigenvalue weighted by molar-refractivity contribution is -0.117. The van der Waals surface area contributed by atoms with Crippen molar-refractivity contribution in [3.63, 3.8) is 0 Å². The molecule has 0 saturated carbocycles. The quantitative estimate of drug-likeness (QED) is 0.225. The maximum absolute atomic E-state index is 11.7. The molecule has 1 aliphatic rings. The Bertz CT molecular complexity index is 708. The number of carbonyl (C=O) groups excluding carboxylic acids is 2. The zero-order valence-corrected chi connectivity index (χ0v) is 16.6. The van der Waals surface area contributed by atoms with Crippen molar-refractivity contribution >= 4 is 29.8 Å². The minimum absolute atomic E-state index is 0. The van der Waals surface area contributed by atoms with E-state index in [4.69, 9.17) is 14.7 Å². The fourth-order valence-corrected chi connectivity index (χ4v) is 3.00.